The van der Waals surface area contributed by atoms with Crippen molar-refractivity contribution >= 4 is 35.0 Å². The number of carbonyl (C=O) groups excluding carboxylic acids is 1. The van der Waals surface area contributed by atoms with Crippen LogP contribution >= 0.6 is 23.4 Å². The summed E-state index contributed by atoms with van der Waals surface area (Å²) in [6, 6.07) is 3.58. The third-order valence-electron chi connectivity index (χ3n) is 2.96. The van der Waals surface area contributed by atoms with Crippen molar-refractivity contribution in [2.45, 2.75) is 25.0 Å². The summed E-state index contributed by atoms with van der Waals surface area (Å²) in [5.41, 5.74) is 1.61. The van der Waals surface area contributed by atoms with Crippen LogP contribution in [-0.2, 0) is 4.79 Å². The maximum absolute atomic E-state index is 12.1. The van der Waals surface area contributed by atoms with Gasteiger partial charge < -0.3 is 10.1 Å². The average molecular weight is 286 g/mol. The van der Waals surface area contributed by atoms with E-state index in [0.29, 0.717) is 16.5 Å². The lowest BCUT2D eigenvalue weighted by Crippen LogP contribution is -2.23. The van der Waals surface area contributed by atoms with Crippen LogP contribution in [0.5, 0.6) is 5.75 Å². The number of rotatable bonds is 3. The van der Waals surface area contributed by atoms with Crippen LogP contribution in [0.1, 0.15) is 18.4 Å². The lowest BCUT2D eigenvalue weighted by Gasteiger charge is -2.14. The molecule has 0 spiro atoms. The van der Waals surface area contributed by atoms with Crippen LogP contribution in [0.25, 0.3) is 0 Å². The lowest BCUT2D eigenvalue weighted by atomic mass is 10.2. The molecule has 3 nitrogen and oxygen atoms in total. The summed E-state index contributed by atoms with van der Waals surface area (Å²) in [4.78, 5) is 12.1. The van der Waals surface area contributed by atoms with E-state index in [4.69, 9.17) is 16.3 Å². The van der Waals surface area contributed by atoms with Gasteiger partial charge in [-0.15, -0.1) is 11.8 Å². The lowest BCUT2D eigenvalue weighted by molar-refractivity contribution is -0.115. The third-order valence-corrected chi connectivity index (χ3v) is 4.74. The molecule has 1 fully saturated rings. The number of ether oxygens (including phenoxy) is 1. The molecule has 1 aromatic carbocycles. The van der Waals surface area contributed by atoms with Crippen molar-refractivity contribution in [2.24, 2.45) is 0 Å². The van der Waals surface area contributed by atoms with E-state index >= 15 is 0 Å². The maximum Gasteiger partial charge on any atom is 0.237 e. The number of hydrogen-bond donors (Lipinski definition) is 1. The van der Waals surface area contributed by atoms with Crippen LogP contribution in [0, 0.1) is 6.92 Å². The Hall–Kier alpha value is -0.870. The summed E-state index contributed by atoms with van der Waals surface area (Å²) in [7, 11) is 1.57. The molecule has 98 valence electrons. The monoisotopic (exact) mass is 285 g/mol. The molecule has 1 saturated heterocycles. The van der Waals surface area contributed by atoms with Gasteiger partial charge in [0.15, 0.2) is 0 Å². The fraction of sp³-hybridized carbons (Fsp3) is 0.462. The number of amides is 1. The summed E-state index contributed by atoms with van der Waals surface area (Å²) in [5, 5.41) is 3.63. The highest BCUT2D eigenvalue weighted by Gasteiger charge is 2.24. The number of carbonyl (C=O) groups is 1. The van der Waals surface area contributed by atoms with Crippen molar-refractivity contribution in [2.75, 3.05) is 18.2 Å². The summed E-state index contributed by atoms with van der Waals surface area (Å²) in [6.07, 6.45) is 2.06. The SMILES string of the molecule is COc1cc(Cl)c(C)cc1NC(=O)C1CCCS1. The minimum absolute atomic E-state index is 0.0533. The quantitative estimate of drug-likeness (QED) is 0.924. The van der Waals surface area contributed by atoms with Gasteiger partial charge >= 0.3 is 0 Å². The second kappa shape index (κ2) is 5.85. The number of aryl methyl sites for hydroxylation is 1. The van der Waals surface area contributed by atoms with Gasteiger partial charge in [-0.1, -0.05) is 11.6 Å². The van der Waals surface area contributed by atoms with E-state index in [1.807, 2.05) is 13.0 Å². The molecule has 1 unspecified atom stereocenters. The Morgan fingerprint density at radius 1 is 1.56 bits per heavy atom. The Labute approximate surface area is 116 Å². The van der Waals surface area contributed by atoms with Crippen molar-refractivity contribution in [3.63, 3.8) is 0 Å². The van der Waals surface area contributed by atoms with Crippen LogP contribution < -0.4 is 10.1 Å². The minimum Gasteiger partial charge on any atom is -0.495 e. The molecular weight excluding hydrogens is 270 g/mol. The highest BCUT2D eigenvalue weighted by atomic mass is 35.5. The van der Waals surface area contributed by atoms with Gasteiger partial charge in [0.05, 0.1) is 18.0 Å². The normalized spacial score (nSPS) is 18.7. The van der Waals surface area contributed by atoms with E-state index < -0.39 is 0 Å². The first-order valence-electron chi connectivity index (χ1n) is 5.88. The number of nitrogens with one attached hydrogen (secondary N) is 1. The van der Waals surface area contributed by atoms with Crippen LogP contribution in [0.4, 0.5) is 5.69 Å². The largest absolute Gasteiger partial charge is 0.495 e. The molecule has 1 amide bonds. The van der Waals surface area contributed by atoms with Gasteiger partial charge in [0.25, 0.3) is 0 Å². The van der Waals surface area contributed by atoms with Crippen LogP contribution in [-0.4, -0.2) is 24.0 Å². The Balaban J connectivity index is 2.17. The van der Waals surface area contributed by atoms with Gasteiger partial charge in [-0.3, -0.25) is 4.79 Å². The Bertz CT molecular complexity index is 459. The fourth-order valence-corrected chi connectivity index (χ4v) is 3.24. The predicted octanol–water partition coefficient (Wildman–Crippen LogP) is 3.49. The van der Waals surface area contributed by atoms with E-state index in [0.717, 1.165) is 24.2 Å². The summed E-state index contributed by atoms with van der Waals surface area (Å²) >= 11 is 7.74. The number of thioether (sulfide) groups is 1. The molecule has 1 heterocycles. The van der Waals surface area contributed by atoms with Gasteiger partial charge in [0.2, 0.25) is 5.91 Å². The molecule has 0 saturated carbocycles. The molecule has 1 aromatic rings. The van der Waals surface area contributed by atoms with E-state index in [9.17, 15) is 4.79 Å². The highest BCUT2D eigenvalue weighted by molar-refractivity contribution is 8.00. The molecule has 0 bridgehead atoms. The van der Waals surface area contributed by atoms with Crippen LogP contribution in [0.15, 0.2) is 12.1 Å². The number of benzene rings is 1. The standard InChI is InChI=1S/C13H16ClNO2S/c1-8-6-10(11(17-2)7-9(8)14)15-13(16)12-4-3-5-18-12/h6-7,12H,3-5H2,1-2H3,(H,15,16). The first-order valence-corrected chi connectivity index (χ1v) is 7.31. The topological polar surface area (TPSA) is 38.3 Å². The number of hydrogen-bond acceptors (Lipinski definition) is 3. The Kier molecular flexibility index (Phi) is 4.40. The minimum atomic E-state index is 0.0533. The van der Waals surface area contributed by atoms with Gasteiger partial charge in [-0.2, -0.15) is 0 Å². The Morgan fingerprint density at radius 2 is 2.33 bits per heavy atom. The van der Waals surface area contributed by atoms with Crippen molar-refractivity contribution in [3.05, 3.63) is 22.7 Å². The molecule has 0 aromatic heterocycles. The Morgan fingerprint density at radius 3 is 2.94 bits per heavy atom. The molecular formula is C13H16ClNO2S. The van der Waals surface area contributed by atoms with E-state index in [-0.39, 0.29) is 11.2 Å². The maximum atomic E-state index is 12.1. The van der Waals surface area contributed by atoms with Gasteiger partial charge in [0.1, 0.15) is 5.75 Å². The zero-order valence-corrected chi connectivity index (χ0v) is 12.0. The fourth-order valence-electron chi connectivity index (χ4n) is 1.93. The summed E-state index contributed by atoms with van der Waals surface area (Å²) in [6.45, 7) is 1.90. The van der Waals surface area contributed by atoms with Gasteiger partial charge in [-0.05, 0) is 37.1 Å². The van der Waals surface area contributed by atoms with E-state index in [1.165, 1.54) is 0 Å². The van der Waals surface area contributed by atoms with Crippen LogP contribution in [0.3, 0.4) is 0 Å². The van der Waals surface area contributed by atoms with Crippen molar-refractivity contribution in [3.8, 4) is 5.75 Å². The molecule has 2 rings (SSSR count). The van der Waals surface area contributed by atoms with Crippen molar-refractivity contribution in [1.82, 2.24) is 0 Å². The molecule has 1 aliphatic rings. The highest BCUT2D eigenvalue weighted by Crippen LogP contribution is 2.33. The third kappa shape index (κ3) is 2.93. The van der Waals surface area contributed by atoms with Gasteiger partial charge in [0, 0.05) is 11.1 Å². The molecule has 0 aliphatic carbocycles. The van der Waals surface area contributed by atoms with Crippen LogP contribution in [0.2, 0.25) is 5.02 Å². The molecule has 1 aliphatic heterocycles. The predicted molar refractivity (Wildman–Crippen MR) is 76.9 cm³/mol. The number of halogens is 1. The first kappa shape index (κ1) is 13.6. The zero-order chi connectivity index (χ0) is 13.1. The second-order valence-electron chi connectivity index (χ2n) is 4.29. The van der Waals surface area contributed by atoms with Crippen molar-refractivity contribution < 1.29 is 9.53 Å². The average Bonchev–Trinajstić information content (AvgIpc) is 2.87. The molecule has 1 N–H and O–H groups in total. The number of methoxy groups -OCH3 is 1. The molecule has 0 radical (unpaired) electrons. The number of anilines is 1. The zero-order valence-electron chi connectivity index (χ0n) is 10.5. The van der Waals surface area contributed by atoms with E-state index in [1.54, 1.807) is 24.9 Å². The first-order chi connectivity index (χ1) is 8.61. The smallest absolute Gasteiger partial charge is 0.237 e. The summed E-state index contributed by atoms with van der Waals surface area (Å²) in [5.74, 6) is 1.72. The van der Waals surface area contributed by atoms with Gasteiger partial charge in [-0.25, -0.2) is 0 Å². The molecule has 5 heteroatoms. The molecule has 18 heavy (non-hydrogen) atoms. The second-order valence-corrected chi connectivity index (χ2v) is 6.01. The summed E-state index contributed by atoms with van der Waals surface area (Å²) < 4.78 is 5.24. The van der Waals surface area contributed by atoms with E-state index in [2.05, 4.69) is 5.32 Å². The molecule has 1 atom stereocenters. The van der Waals surface area contributed by atoms with Crippen molar-refractivity contribution in [1.29, 1.82) is 0 Å².